The summed E-state index contributed by atoms with van der Waals surface area (Å²) in [5.74, 6) is 0.705. The van der Waals surface area contributed by atoms with Gasteiger partial charge in [-0.2, -0.15) is 0 Å². The van der Waals surface area contributed by atoms with Crippen LogP contribution in [0.25, 0.3) is 55.6 Å². The van der Waals surface area contributed by atoms with Crippen LogP contribution in [0.3, 0.4) is 0 Å². The first-order valence-electron chi connectivity index (χ1n) is 10.6. The number of nitrogens with zero attached hydrogens (tertiary/aromatic N) is 3. The standard InChI is InChI=1S/C29H19N3/c1-4-10-20(11-5-1)24-18-23-16-17-26(21-12-6-2-7-13-21)31-27(23)28-25(24)19-30-29(32-28)22-14-8-3-9-15-22/h1-19H. The van der Waals surface area contributed by atoms with Crippen LogP contribution in [-0.2, 0) is 0 Å². The van der Waals surface area contributed by atoms with Crippen molar-refractivity contribution in [3.8, 4) is 33.8 Å². The highest BCUT2D eigenvalue weighted by molar-refractivity contribution is 6.10. The van der Waals surface area contributed by atoms with Crippen LogP contribution in [0, 0.1) is 0 Å². The van der Waals surface area contributed by atoms with Crippen LogP contribution < -0.4 is 0 Å². The molecule has 0 aliphatic carbocycles. The van der Waals surface area contributed by atoms with Crippen LogP contribution >= 0.6 is 0 Å². The molecule has 0 amide bonds. The summed E-state index contributed by atoms with van der Waals surface area (Å²) < 4.78 is 0. The molecule has 3 nitrogen and oxygen atoms in total. The number of fused-ring (bicyclic) bond motifs is 3. The molecule has 3 heteroatoms. The van der Waals surface area contributed by atoms with Gasteiger partial charge in [-0.1, -0.05) is 97.1 Å². The van der Waals surface area contributed by atoms with E-state index < -0.39 is 0 Å². The number of hydrogen-bond acceptors (Lipinski definition) is 3. The van der Waals surface area contributed by atoms with Crippen molar-refractivity contribution in [2.75, 3.05) is 0 Å². The van der Waals surface area contributed by atoms with Gasteiger partial charge in [0, 0.05) is 28.1 Å². The molecule has 0 fully saturated rings. The number of aromatic nitrogens is 3. The fourth-order valence-corrected chi connectivity index (χ4v) is 4.12. The highest BCUT2D eigenvalue weighted by Crippen LogP contribution is 2.35. The molecule has 0 radical (unpaired) electrons. The minimum absolute atomic E-state index is 0.705. The maximum Gasteiger partial charge on any atom is 0.159 e. The van der Waals surface area contributed by atoms with Crippen molar-refractivity contribution in [2.24, 2.45) is 0 Å². The summed E-state index contributed by atoms with van der Waals surface area (Å²) >= 11 is 0. The van der Waals surface area contributed by atoms with Gasteiger partial charge in [-0.25, -0.2) is 15.0 Å². The monoisotopic (exact) mass is 409 g/mol. The third-order valence-corrected chi connectivity index (χ3v) is 5.72. The van der Waals surface area contributed by atoms with Gasteiger partial charge in [-0.3, -0.25) is 0 Å². The van der Waals surface area contributed by atoms with Gasteiger partial charge in [0.1, 0.15) is 5.52 Å². The molecule has 0 spiro atoms. The third-order valence-electron chi connectivity index (χ3n) is 5.72. The van der Waals surface area contributed by atoms with Crippen molar-refractivity contribution >= 4 is 21.8 Å². The van der Waals surface area contributed by atoms with Crippen LogP contribution in [0.4, 0.5) is 0 Å². The molecule has 0 N–H and O–H groups in total. The Kier molecular flexibility index (Phi) is 4.43. The fourth-order valence-electron chi connectivity index (χ4n) is 4.12. The molecule has 4 aromatic carbocycles. The lowest BCUT2D eigenvalue weighted by atomic mass is 9.98. The van der Waals surface area contributed by atoms with Crippen LogP contribution in [-0.4, -0.2) is 15.0 Å². The van der Waals surface area contributed by atoms with Gasteiger partial charge in [0.2, 0.25) is 0 Å². The minimum atomic E-state index is 0.705. The zero-order valence-electron chi connectivity index (χ0n) is 17.3. The normalized spacial score (nSPS) is 11.1. The van der Waals surface area contributed by atoms with Gasteiger partial charge in [-0.05, 0) is 23.3 Å². The highest BCUT2D eigenvalue weighted by atomic mass is 14.9. The Balaban J connectivity index is 1.67. The quantitative estimate of drug-likeness (QED) is 0.291. The third kappa shape index (κ3) is 3.21. The average Bonchev–Trinajstić information content (AvgIpc) is 2.89. The smallest absolute Gasteiger partial charge is 0.159 e. The van der Waals surface area contributed by atoms with Gasteiger partial charge < -0.3 is 0 Å². The number of hydrogen-bond donors (Lipinski definition) is 0. The minimum Gasteiger partial charge on any atom is -0.245 e. The summed E-state index contributed by atoms with van der Waals surface area (Å²) in [6.45, 7) is 0. The second kappa shape index (κ2) is 7.71. The van der Waals surface area contributed by atoms with Gasteiger partial charge in [0.05, 0.1) is 11.2 Å². The van der Waals surface area contributed by atoms with E-state index >= 15 is 0 Å². The first-order valence-corrected chi connectivity index (χ1v) is 10.6. The molecular formula is C29H19N3. The number of benzene rings is 4. The number of pyridine rings is 1. The first-order chi connectivity index (χ1) is 15.9. The Hall–Kier alpha value is -4.37. The van der Waals surface area contributed by atoms with Crippen molar-refractivity contribution in [1.82, 2.24) is 15.0 Å². The highest BCUT2D eigenvalue weighted by Gasteiger charge is 2.14. The molecule has 32 heavy (non-hydrogen) atoms. The lowest BCUT2D eigenvalue weighted by molar-refractivity contribution is 1.23. The largest absolute Gasteiger partial charge is 0.245 e. The number of rotatable bonds is 3. The lowest BCUT2D eigenvalue weighted by Crippen LogP contribution is -1.95. The van der Waals surface area contributed by atoms with Gasteiger partial charge in [-0.15, -0.1) is 0 Å². The molecule has 0 atom stereocenters. The Bertz CT molecular complexity index is 1540. The summed E-state index contributed by atoms with van der Waals surface area (Å²) in [6.07, 6.45) is 1.93. The van der Waals surface area contributed by atoms with Crippen molar-refractivity contribution < 1.29 is 0 Å². The van der Waals surface area contributed by atoms with E-state index in [9.17, 15) is 0 Å². The molecule has 6 rings (SSSR count). The topological polar surface area (TPSA) is 38.7 Å². The molecule has 0 aliphatic heterocycles. The van der Waals surface area contributed by atoms with E-state index in [4.69, 9.17) is 15.0 Å². The fraction of sp³-hybridized carbons (Fsp3) is 0. The van der Waals surface area contributed by atoms with Crippen LogP contribution in [0.15, 0.2) is 115 Å². The van der Waals surface area contributed by atoms with E-state index in [0.29, 0.717) is 5.82 Å². The molecule has 0 unspecified atom stereocenters. The molecule has 0 saturated carbocycles. The van der Waals surface area contributed by atoms with Crippen molar-refractivity contribution in [3.05, 3.63) is 115 Å². The van der Waals surface area contributed by atoms with E-state index in [-0.39, 0.29) is 0 Å². The molecular weight excluding hydrogens is 390 g/mol. The zero-order valence-corrected chi connectivity index (χ0v) is 17.3. The van der Waals surface area contributed by atoms with Gasteiger partial charge in [0.25, 0.3) is 0 Å². The second-order valence-electron chi connectivity index (χ2n) is 7.75. The molecule has 0 saturated heterocycles. The summed E-state index contributed by atoms with van der Waals surface area (Å²) in [5, 5.41) is 2.06. The Labute approximate surface area is 186 Å². The average molecular weight is 409 g/mol. The van der Waals surface area contributed by atoms with E-state index in [0.717, 1.165) is 49.8 Å². The van der Waals surface area contributed by atoms with E-state index in [1.807, 2.05) is 60.8 Å². The second-order valence-corrected chi connectivity index (χ2v) is 7.75. The SMILES string of the molecule is c1ccc(-c2ccc3cc(-c4ccccc4)c4cnc(-c5ccccc5)nc4c3n2)cc1. The van der Waals surface area contributed by atoms with Crippen LogP contribution in [0.1, 0.15) is 0 Å². The predicted molar refractivity (Wildman–Crippen MR) is 131 cm³/mol. The summed E-state index contributed by atoms with van der Waals surface area (Å²) in [4.78, 5) is 14.8. The van der Waals surface area contributed by atoms with Crippen molar-refractivity contribution in [2.45, 2.75) is 0 Å². The van der Waals surface area contributed by atoms with Crippen molar-refractivity contribution in [1.29, 1.82) is 0 Å². The molecule has 2 aromatic heterocycles. The molecule has 0 aliphatic rings. The van der Waals surface area contributed by atoms with E-state index in [1.165, 1.54) is 0 Å². The molecule has 0 bridgehead atoms. The predicted octanol–water partition coefficient (Wildman–Crippen LogP) is 7.18. The molecule has 2 heterocycles. The van der Waals surface area contributed by atoms with E-state index in [2.05, 4.69) is 54.6 Å². The summed E-state index contributed by atoms with van der Waals surface area (Å²) in [6, 6.07) is 37.1. The van der Waals surface area contributed by atoms with E-state index in [1.54, 1.807) is 0 Å². The first kappa shape index (κ1) is 18.4. The maximum absolute atomic E-state index is 5.05. The molecule has 150 valence electrons. The van der Waals surface area contributed by atoms with Gasteiger partial charge in [0.15, 0.2) is 5.82 Å². The Morgan fingerprint density at radius 1 is 0.500 bits per heavy atom. The Morgan fingerprint density at radius 2 is 1.12 bits per heavy atom. The maximum atomic E-state index is 5.05. The Morgan fingerprint density at radius 3 is 1.81 bits per heavy atom. The zero-order chi connectivity index (χ0) is 21.3. The van der Waals surface area contributed by atoms with Gasteiger partial charge >= 0.3 is 0 Å². The van der Waals surface area contributed by atoms with Crippen LogP contribution in [0.5, 0.6) is 0 Å². The van der Waals surface area contributed by atoms with Crippen LogP contribution in [0.2, 0.25) is 0 Å². The summed E-state index contributed by atoms with van der Waals surface area (Å²) in [7, 11) is 0. The molecule has 6 aromatic rings. The lowest BCUT2D eigenvalue weighted by Gasteiger charge is -2.12. The van der Waals surface area contributed by atoms with Crippen molar-refractivity contribution in [3.63, 3.8) is 0 Å². The summed E-state index contributed by atoms with van der Waals surface area (Å²) in [5.41, 5.74) is 7.03.